The van der Waals surface area contributed by atoms with Crippen molar-refractivity contribution in [3.63, 3.8) is 0 Å². The van der Waals surface area contributed by atoms with E-state index in [-0.39, 0.29) is 5.76 Å². The van der Waals surface area contributed by atoms with Crippen LogP contribution >= 0.6 is 11.3 Å². The Balaban J connectivity index is 1.90. The lowest BCUT2D eigenvalue weighted by molar-refractivity contribution is 0.0971. The third kappa shape index (κ3) is 3.42. The lowest BCUT2D eigenvalue weighted by Gasteiger charge is -2.08. The van der Waals surface area contributed by atoms with Crippen molar-refractivity contribution in [1.82, 2.24) is 4.57 Å². The number of nitrogens with zero attached hydrogens (tertiary/aromatic N) is 2. The van der Waals surface area contributed by atoms with Gasteiger partial charge in [-0.3, -0.25) is 4.79 Å². The van der Waals surface area contributed by atoms with Crippen LogP contribution in [0.15, 0.2) is 82.4 Å². The number of benzene rings is 2. The van der Waals surface area contributed by atoms with Crippen molar-refractivity contribution >= 4 is 17.2 Å². The summed E-state index contributed by atoms with van der Waals surface area (Å²) in [6, 6.07) is 21.2. The highest BCUT2D eigenvalue weighted by Crippen LogP contribution is 2.34. The molecule has 28 heavy (non-hydrogen) atoms. The van der Waals surface area contributed by atoms with E-state index in [1.54, 1.807) is 19.2 Å². The monoisotopic (exact) mass is 390 g/mol. The van der Waals surface area contributed by atoms with Gasteiger partial charge >= 0.3 is 5.91 Å². The lowest BCUT2D eigenvalue weighted by atomic mass is 10.1. The van der Waals surface area contributed by atoms with Crippen LogP contribution in [-0.4, -0.2) is 17.6 Å². The molecule has 6 heteroatoms. The molecule has 4 aromatic rings. The predicted molar refractivity (Wildman–Crippen MR) is 109 cm³/mol. The maximum Gasteiger partial charge on any atom is 0.315 e. The Bertz CT molecular complexity index is 1150. The Hall–Kier alpha value is -3.38. The fourth-order valence-corrected chi connectivity index (χ4v) is 4.10. The van der Waals surface area contributed by atoms with E-state index in [1.165, 1.54) is 17.6 Å². The van der Waals surface area contributed by atoms with Gasteiger partial charge in [0.1, 0.15) is 5.75 Å². The zero-order valence-corrected chi connectivity index (χ0v) is 16.3. The van der Waals surface area contributed by atoms with Crippen LogP contribution in [0.1, 0.15) is 10.6 Å². The number of thiazole rings is 1. The fourth-order valence-electron chi connectivity index (χ4n) is 2.95. The highest BCUT2D eigenvalue weighted by Gasteiger charge is 2.16. The SMILES string of the molecule is COc1ccc(-c2c(-c3ccccc3)sc(=NC(=O)c3ccco3)n2C)cc1. The van der Waals surface area contributed by atoms with Gasteiger partial charge in [-0.25, -0.2) is 0 Å². The van der Waals surface area contributed by atoms with E-state index >= 15 is 0 Å². The number of hydrogen-bond acceptors (Lipinski definition) is 4. The Morgan fingerprint density at radius 2 is 1.75 bits per heavy atom. The summed E-state index contributed by atoms with van der Waals surface area (Å²) in [7, 11) is 3.56. The molecule has 0 saturated carbocycles. The summed E-state index contributed by atoms with van der Waals surface area (Å²) in [6.07, 6.45) is 1.47. The van der Waals surface area contributed by atoms with Crippen molar-refractivity contribution in [3.05, 3.63) is 83.6 Å². The molecule has 0 atom stereocenters. The summed E-state index contributed by atoms with van der Waals surface area (Å²) >= 11 is 1.47. The number of hydrogen-bond donors (Lipinski definition) is 0. The van der Waals surface area contributed by atoms with E-state index in [4.69, 9.17) is 9.15 Å². The van der Waals surface area contributed by atoms with Gasteiger partial charge in [0.25, 0.3) is 0 Å². The van der Waals surface area contributed by atoms with Crippen LogP contribution < -0.4 is 9.54 Å². The maximum absolute atomic E-state index is 12.4. The second-order valence-electron chi connectivity index (χ2n) is 6.11. The van der Waals surface area contributed by atoms with Crippen LogP contribution in [0.4, 0.5) is 0 Å². The molecule has 2 aromatic heterocycles. The molecule has 0 aliphatic rings. The Morgan fingerprint density at radius 3 is 2.39 bits per heavy atom. The molecule has 0 aliphatic carbocycles. The molecule has 0 bridgehead atoms. The summed E-state index contributed by atoms with van der Waals surface area (Å²) in [6.45, 7) is 0. The van der Waals surface area contributed by atoms with E-state index in [2.05, 4.69) is 17.1 Å². The Kier molecular flexibility index (Phi) is 4.95. The van der Waals surface area contributed by atoms with Gasteiger partial charge in [0.2, 0.25) is 0 Å². The maximum atomic E-state index is 12.4. The standard InChI is InChI=1S/C22H18N2O3S/c1-24-19(15-10-12-17(26-2)13-11-15)20(16-7-4-3-5-8-16)28-22(24)23-21(25)18-9-6-14-27-18/h3-14H,1-2H3. The highest BCUT2D eigenvalue weighted by molar-refractivity contribution is 7.13. The first-order chi connectivity index (χ1) is 13.7. The number of ether oxygens (including phenoxy) is 1. The summed E-state index contributed by atoms with van der Waals surface area (Å²) in [5, 5.41) is 0. The van der Waals surface area contributed by atoms with E-state index in [0.29, 0.717) is 4.80 Å². The third-order valence-corrected chi connectivity index (χ3v) is 5.54. The third-order valence-electron chi connectivity index (χ3n) is 4.36. The minimum absolute atomic E-state index is 0.223. The summed E-state index contributed by atoms with van der Waals surface area (Å²) in [5.74, 6) is 0.615. The van der Waals surface area contributed by atoms with E-state index in [0.717, 1.165) is 27.4 Å². The molecule has 140 valence electrons. The van der Waals surface area contributed by atoms with Gasteiger partial charge in [0, 0.05) is 7.05 Å². The van der Waals surface area contributed by atoms with Gasteiger partial charge in [-0.2, -0.15) is 4.99 Å². The molecule has 4 rings (SSSR count). The van der Waals surface area contributed by atoms with Gasteiger partial charge in [-0.1, -0.05) is 41.7 Å². The molecular formula is C22H18N2O3S. The van der Waals surface area contributed by atoms with E-state index in [1.807, 2.05) is 54.1 Å². The molecule has 0 N–H and O–H groups in total. The summed E-state index contributed by atoms with van der Waals surface area (Å²) in [4.78, 5) is 18.4. The fraction of sp³-hybridized carbons (Fsp3) is 0.0909. The van der Waals surface area contributed by atoms with Crippen LogP contribution in [0.25, 0.3) is 21.7 Å². The second kappa shape index (κ2) is 7.70. The first-order valence-electron chi connectivity index (χ1n) is 8.69. The van der Waals surface area contributed by atoms with Crippen LogP contribution in [0, 0.1) is 0 Å². The van der Waals surface area contributed by atoms with Gasteiger partial charge in [0.05, 0.1) is 23.9 Å². The molecule has 0 spiro atoms. The number of aromatic nitrogens is 1. The quantitative estimate of drug-likeness (QED) is 0.505. The molecule has 2 heterocycles. The van der Waals surface area contributed by atoms with Gasteiger partial charge in [0.15, 0.2) is 10.6 Å². The number of carbonyl (C=O) groups is 1. The van der Waals surface area contributed by atoms with E-state index < -0.39 is 5.91 Å². The highest BCUT2D eigenvalue weighted by atomic mass is 32.1. The minimum atomic E-state index is -0.400. The normalized spacial score (nSPS) is 11.6. The summed E-state index contributed by atoms with van der Waals surface area (Å²) < 4.78 is 12.4. The van der Waals surface area contributed by atoms with Crippen molar-refractivity contribution in [1.29, 1.82) is 0 Å². The zero-order chi connectivity index (χ0) is 19.5. The Labute approximate surface area is 166 Å². The molecule has 0 aliphatic heterocycles. The molecule has 0 saturated heterocycles. The van der Waals surface area contributed by atoms with Crippen molar-refractivity contribution in [3.8, 4) is 27.4 Å². The van der Waals surface area contributed by atoms with Crippen LogP contribution in [-0.2, 0) is 7.05 Å². The molecule has 1 amide bonds. The first kappa shape index (κ1) is 18.0. The topological polar surface area (TPSA) is 56.7 Å². The number of methoxy groups -OCH3 is 1. The van der Waals surface area contributed by atoms with Gasteiger partial charge < -0.3 is 13.7 Å². The predicted octanol–water partition coefficient (Wildman–Crippen LogP) is 4.76. The van der Waals surface area contributed by atoms with Crippen molar-refractivity contribution in [2.45, 2.75) is 0 Å². The molecule has 0 unspecified atom stereocenters. The van der Waals surface area contributed by atoms with Gasteiger partial charge in [-0.15, -0.1) is 0 Å². The smallest absolute Gasteiger partial charge is 0.315 e. The molecular weight excluding hydrogens is 372 g/mol. The largest absolute Gasteiger partial charge is 0.497 e. The van der Waals surface area contributed by atoms with E-state index in [9.17, 15) is 4.79 Å². The van der Waals surface area contributed by atoms with Crippen LogP contribution in [0.2, 0.25) is 0 Å². The Morgan fingerprint density at radius 1 is 1.00 bits per heavy atom. The average molecular weight is 390 g/mol. The van der Waals surface area contributed by atoms with Crippen molar-refractivity contribution in [2.24, 2.45) is 12.0 Å². The molecule has 2 aromatic carbocycles. The number of carbonyl (C=O) groups excluding carboxylic acids is 1. The molecule has 0 radical (unpaired) electrons. The van der Waals surface area contributed by atoms with Crippen LogP contribution in [0.5, 0.6) is 5.75 Å². The second-order valence-corrected chi connectivity index (χ2v) is 7.09. The first-order valence-corrected chi connectivity index (χ1v) is 9.51. The lowest BCUT2D eigenvalue weighted by Crippen LogP contribution is -2.14. The minimum Gasteiger partial charge on any atom is -0.497 e. The molecule has 5 nitrogen and oxygen atoms in total. The van der Waals surface area contributed by atoms with Crippen LogP contribution in [0.3, 0.4) is 0 Å². The number of rotatable bonds is 4. The van der Waals surface area contributed by atoms with Gasteiger partial charge in [-0.05, 0) is 47.5 Å². The average Bonchev–Trinajstić information content (AvgIpc) is 3.38. The number of furan rings is 1. The van der Waals surface area contributed by atoms with Crippen molar-refractivity contribution in [2.75, 3.05) is 7.11 Å². The molecule has 0 fully saturated rings. The summed E-state index contributed by atoms with van der Waals surface area (Å²) in [5.41, 5.74) is 3.08. The zero-order valence-electron chi connectivity index (χ0n) is 15.5. The number of amides is 1. The van der Waals surface area contributed by atoms with Crippen molar-refractivity contribution < 1.29 is 13.9 Å².